The van der Waals surface area contributed by atoms with Gasteiger partial charge >= 0.3 is 0 Å². The van der Waals surface area contributed by atoms with Gasteiger partial charge in [-0.05, 0) is 64.5 Å². The highest BCUT2D eigenvalue weighted by molar-refractivity contribution is 9.10. The molecule has 144 valence electrons. The van der Waals surface area contributed by atoms with Crippen LogP contribution in [0.2, 0.25) is 5.02 Å². The van der Waals surface area contributed by atoms with E-state index in [1.807, 2.05) is 0 Å². The third-order valence-corrected chi connectivity index (χ3v) is 5.07. The van der Waals surface area contributed by atoms with Crippen molar-refractivity contribution in [3.63, 3.8) is 0 Å². The minimum atomic E-state index is -0.550. The van der Waals surface area contributed by atoms with E-state index in [-0.39, 0.29) is 11.3 Å². The summed E-state index contributed by atoms with van der Waals surface area (Å²) in [4.78, 5) is 27.3. The Balaban J connectivity index is 1.55. The molecule has 0 saturated heterocycles. The van der Waals surface area contributed by atoms with E-state index in [9.17, 15) is 14.9 Å². The fourth-order valence-corrected chi connectivity index (χ4v) is 3.31. The maximum Gasteiger partial charge on any atom is 0.270 e. The second-order valence-corrected chi connectivity index (χ2v) is 7.37. The third kappa shape index (κ3) is 3.98. The first kappa shape index (κ1) is 19.1. The number of carbonyl (C=O) groups is 1. The first-order valence-electron chi connectivity index (χ1n) is 8.32. The summed E-state index contributed by atoms with van der Waals surface area (Å²) in [6.45, 7) is 0. The molecular weight excluding hydrogens is 462 g/mol. The summed E-state index contributed by atoms with van der Waals surface area (Å²) in [7, 11) is 0. The maximum absolute atomic E-state index is 12.5. The topological polar surface area (TPSA) is 98.3 Å². The Labute approximate surface area is 177 Å². The quantitative estimate of drug-likeness (QED) is 0.287. The zero-order valence-electron chi connectivity index (χ0n) is 14.6. The Kier molecular flexibility index (Phi) is 5.04. The molecule has 0 bridgehead atoms. The smallest absolute Gasteiger partial charge is 0.270 e. The van der Waals surface area contributed by atoms with Crippen LogP contribution in [0.3, 0.4) is 0 Å². The standard InChI is InChI=1S/C20H11BrClN3O4/c21-16-7-6-14(25(27)28)10-15(16)19(26)23-13-4-1-11(2-5-13)20-24-17-9-12(22)3-8-18(17)29-20/h1-10H,(H,23,26). The number of oxazole rings is 1. The lowest BCUT2D eigenvalue weighted by molar-refractivity contribution is -0.384. The van der Waals surface area contributed by atoms with E-state index in [1.165, 1.54) is 18.2 Å². The van der Waals surface area contributed by atoms with Crippen LogP contribution in [0.1, 0.15) is 10.4 Å². The van der Waals surface area contributed by atoms with Gasteiger partial charge < -0.3 is 9.73 Å². The van der Waals surface area contributed by atoms with Crippen molar-refractivity contribution in [3.05, 3.63) is 85.8 Å². The molecule has 9 heteroatoms. The number of non-ortho nitro benzene ring substituents is 1. The van der Waals surface area contributed by atoms with E-state index < -0.39 is 10.8 Å². The van der Waals surface area contributed by atoms with Gasteiger partial charge in [0.25, 0.3) is 11.6 Å². The molecule has 0 aliphatic rings. The van der Waals surface area contributed by atoms with Gasteiger partial charge in [0.05, 0.1) is 10.5 Å². The molecule has 0 aliphatic heterocycles. The SMILES string of the molecule is O=C(Nc1ccc(-c2nc3cc(Cl)ccc3o2)cc1)c1cc([N+](=O)[O-])ccc1Br. The molecule has 0 atom stereocenters. The molecule has 1 aromatic heterocycles. The fourth-order valence-electron chi connectivity index (χ4n) is 2.72. The second kappa shape index (κ2) is 7.65. The summed E-state index contributed by atoms with van der Waals surface area (Å²) in [6.07, 6.45) is 0. The van der Waals surface area contributed by atoms with Crippen molar-refractivity contribution in [1.29, 1.82) is 0 Å². The minimum absolute atomic E-state index is 0.162. The molecule has 1 heterocycles. The molecule has 3 aromatic carbocycles. The van der Waals surface area contributed by atoms with Gasteiger partial charge in [0, 0.05) is 32.9 Å². The molecule has 0 aliphatic carbocycles. The van der Waals surface area contributed by atoms with Crippen molar-refractivity contribution < 1.29 is 14.1 Å². The minimum Gasteiger partial charge on any atom is -0.436 e. The lowest BCUT2D eigenvalue weighted by Gasteiger charge is -2.07. The van der Waals surface area contributed by atoms with Crippen molar-refractivity contribution in [3.8, 4) is 11.5 Å². The number of hydrogen-bond acceptors (Lipinski definition) is 5. The average molecular weight is 473 g/mol. The fraction of sp³-hybridized carbons (Fsp3) is 0. The van der Waals surface area contributed by atoms with E-state index >= 15 is 0 Å². The van der Waals surface area contributed by atoms with Gasteiger partial charge in [-0.15, -0.1) is 0 Å². The molecule has 0 saturated carbocycles. The molecule has 0 spiro atoms. The molecule has 0 unspecified atom stereocenters. The van der Waals surface area contributed by atoms with Crippen LogP contribution in [0.15, 0.2) is 69.6 Å². The number of nitrogens with one attached hydrogen (secondary N) is 1. The number of benzene rings is 3. The number of halogens is 2. The highest BCUT2D eigenvalue weighted by Crippen LogP contribution is 2.28. The Morgan fingerprint density at radius 2 is 1.86 bits per heavy atom. The van der Waals surface area contributed by atoms with Gasteiger partial charge in [-0.2, -0.15) is 0 Å². The zero-order valence-corrected chi connectivity index (χ0v) is 16.9. The van der Waals surface area contributed by atoms with Crippen molar-refractivity contribution in [2.24, 2.45) is 0 Å². The molecule has 0 fully saturated rings. The van der Waals surface area contributed by atoms with Crippen LogP contribution in [-0.2, 0) is 0 Å². The molecule has 29 heavy (non-hydrogen) atoms. The summed E-state index contributed by atoms with van der Waals surface area (Å²) in [5, 5.41) is 14.2. The van der Waals surface area contributed by atoms with E-state index in [1.54, 1.807) is 42.5 Å². The molecular formula is C20H11BrClN3O4. The Morgan fingerprint density at radius 3 is 2.59 bits per heavy atom. The van der Waals surface area contributed by atoms with Gasteiger partial charge in [0.2, 0.25) is 5.89 Å². The van der Waals surface area contributed by atoms with Crippen LogP contribution < -0.4 is 5.32 Å². The zero-order chi connectivity index (χ0) is 20.5. The van der Waals surface area contributed by atoms with E-state index in [4.69, 9.17) is 16.0 Å². The highest BCUT2D eigenvalue weighted by atomic mass is 79.9. The lowest BCUT2D eigenvalue weighted by atomic mass is 10.1. The first-order chi connectivity index (χ1) is 13.9. The third-order valence-electron chi connectivity index (χ3n) is 4.14. The van der Waals surface area contributed by atoms with Crippen molar-refractivity contribution >= 4 is 55.9 Å². The average Bonchev–Trinajstić information content (AvgIpc) is 3.11. The number of fused-ring (bicyclic) bond motifs is 1. The summed E-state index contributed by atoms with van der Waals surface area (Å²) in [5.74, 6) is -0.0357. The van der Waals surface area contributed by atoms with Crippen LogP contribution in [-0.4, -0.2) is 15.8 Å². The highest BCUT2D eigenvalue weighted by Gasteiger charge is 2.16. The number of nitrogens with zero attached hydrogens (tertiary/aromatic N) is 2. The molecule has 4 rings (SSSR count). The van der Waals surface area contributed by atoms with E-state index in [2.05, 4.69) is 26.2 Å². The van der Waals surface area contributed by atoms with Crippen LogP contribution in [0.25, 0.3) is 22.6 Å². The van der Waals surface area contributed by atoms with Crippen LogP contribution >= 0.6 is 27.5 Å². The molecule has 0 radical (unpaired) electrons. The largest absolute Gasteiger partial charge is 0.436 e. The summed E-state index contributed by atoms with van der Waals surface area (Å²) < 4.78 is 6.18. The number of carbonyl (C=O) groups excluding carboxylic acids is 1. The summed E-state index contributed by atoms with van der Waals surface area (Å²) in [5.41, 5.74) is 2.53. The molecule has 1 amide bonds. The maximum atomic E-state index is 12.5. The van der Waals surface area contributed by atoms with Gasteiger partial charge in [-0.3, -0.25) is 14.9 Å². The van der Waals surface area contributed by atoms with Gasteiger partial charge in [0.15, 0.2) is 5.58 Å². The van der Waals surface area contributed by atoms with Gasteiger partial charge in [-0.25, -0.2) is 4.98 Å². The van der Waals surface area contributed by atoms with Crippen molar-refractivity contribution in [2.45, 2.75) is 0 Å². The number of aromatic nitrogens is 1. The van der Waals surface area contributed by atoms with Crippen molar-refractivity contribution in [1.82, 2.24) is 4.98 Å². The predicted octanol–water partition coefficient (Wildman–Crippen LogP) is 6.07. The number of hydrogen-bond donors (Lipinski definition) is 1. The monoisotopic (exact) mass is 471 g/mol. The van der Waals surface area contributed by atoms with Crippen molar-refractivity contribution in [2.75, 3.05) is 5.32 Å². The molecule has 1 N–H and O–H groups in total. The predicted molar refractivity (Wildman–Crippen MR) is 113 cm³/mol. The molecule has 4 aromatic rings. The summed E-state index contributed by atoms with van der Waals surface area (Å²) >= 11 is 9.21. The van der Waals surface area contributed by atoms with Gasteiger partial charge in [0.1, 0.15) is 5.52 Å². The first-order valence-corrected chi connectivity index (χ1v) is 9.49. The van der Waals surface area contributed by atoms with Crippen LogP contribution in [0.4, 0.5) is 11.4 Å². The summed E-state index contributed by atoms with van der Waals surface area (Å²) in [6, 6.07) is 16.1. The normalized spacial score (nSPS) is 10.8. The number of anilines is 1. The molecule has 7 nitrogen and oxygen atoms in total. The lowest BCUT2D eigenvalue weighted by Crippen LogP contribution is -2.12. The second-order valence-electron chi connectivity index (χ2n) is 6.08. The Hall–Kier alpha value is -3.23. The number of nitro groups is 1. The van der Waals surface area contributed by atoms with E-state index in [0.29, 0.717) is 32.2 Å². The number of amides is 1. The van der Waals surface area contributed by atoms with Crippen LogP contribution in [0.5, 0.6) is 0 Å². The van der Waals surface area contributed by atoms with Crippen LogP contribution in [0, 0.1) is 10.1 Å². The number of rotatable bonds is 4. The Bertz CT molecular complexity index is 1250. The Morgan fingerprint density at radius 1 is 1.10 bits per heavy atom. The van der Waals surface area contributed by atoms with Gasteiger partial charge in [-0.1, -0.05) is 11.6 Å². The van der Waals surface area contributed by atoms with E-state index in [0.717, 1.165) is 5.56 Å². The number of nitro benzene ring substituents is 1.